The molecule has 25 heavy (non-hydrogen) atoms. The molecule has 1 aromatic carbocycles. The molecule has 0 bridgehead atoms. The highest BCUT2D eigenvalue weighted by Gasteiger charge is 2.24. The Kier molecular flexibility index (Phi) is 5.28. The Morgan fingerprint density at radius 2 is 1.84 bits per heavy atom. The van der Waals surface area contributed by atoms with Crippen molar-refractivity contribution in [3.8, 4) is 0 Å². The van der Waals surface area contributed by atoms with Crippen molar-refractivity contribution in [2.45, 2.75) is 18.9 Å². The van der Waals surface area contributed by atoms with Gasteiger partial charge in [-0.05, 0) is 49.7 Å². The topological polar surface area (TPSA) is 54.3 Å². The molecule has 0 radical (unpaired) electrons. The van der Waals surface area contributed by atoms with Gasteiger partial charge in [0.15, 0.2) is 0 Å². The Morgan fingerprint density at radius 1 is 1.16 bits per heavy atom. The Morgan fingerprint density at radius 3 is 2.48 bits per heavy atom. The maximum Gasteiger partial charge on any atom is 0.252 e. The van der Waals surface area contributed by atoms with Gasteiger partial charge in [0, 0.05) is 25.9 Å². The number of carbonyl (C=O) groups is 1. The molecule has 0 unspecified atom stereocenters. The quantitative estimate of drug-likeness (QED) is 0.904. The lowest BCUT2D eigenvalue weighted by molar-refractivity contribution is 0.0937. The second-order valence-corrected chi connectivity index (χ2v) is 6.39. The number of aromatic nitrogens is 1. The van der Waals surface area contributed by atoms with Crippen molar-refractivity contribution in [2.75, 3.05) is 19.6 Å². The molecular formula is C19H22FN3O2. The monoisotopic (exact) mass is 343 g/mol. The molecule has 1 fully saturated rings. The summed E-state index contributed by atoms with van der Waals surface area (Å²) < 4.78 is 14.6. The van der Waals surface area contributed by atoms with Gasteiger partial charge in [0.1, 0.15) is 5.82 Å². The highest BCUT2D eigenvalue weighted by Crippen LogP contribution is 2.24. The Labute approximate surface area is 146 Å². The summed E-state index contributed by atoms with van der Waals surface area (Å²) in [4.78, 5) is 26.2. The van der Waals surface area contributed by atoms with Gasteiger partial charge in [-0.2, -0.15) is 0 Å². The van der Waals surface area contributed by atoms with Gasteiger partial charge in [-0.15, -0.1) is 0 Å². The minimum atomic E-state index is -0.266. The molecule has 1 amide bonds. The fourth-order valence-corrected chi connectivity index (χ4v) is 3.22. The van der Waals surface area contributed by atoms with E-state index in [9.17, 15) is 14.0 Å². The molecule has 0 saturated carbocycles. The molecule has 132 valence electrons. The predicted octanol–water partition coefficient (Wildman–Crippen LogP) is 2.09. The highest BCUT2D eigenvalue weighted by atomic mass is 19.1. The number of nitrogens with zero attached hydrogens (tertiary/aromatic N) is 2. The number of amides is 1. The second kappa shape index (κ2) is 7.61. The number of benzene rings is 1. The number of pyridine rings is 1. The Balaban J connectivity index is 1.73. The summed E-state index contributed by atoms with van der Waals surface area (Å²) in [7, 11) is 1.62. The van der Waals surface area contributed by atoms with Crippen LogP contribution in [0.5, 0.6) is 0 Å². The number of likely N-dealkylation sites (tertiary alicyclic amines) is 1. The van der Waals surface area contributed by atoms with Crippen molar-refractivity contribution < 1.29 is 9.18 Å². The second-order valence-electron chi connectivity index (χ2n) is 6.39. The van der Waals surface area contributed by atoms with Gasteiger partial charge in [-0.1, -0.05) is 12.1 Å². The first kappa shape index (κ1) is 17.4. The number of aryl methyl sites for hydroxylation is 1. The molecule has 1 aliphatic rings. The van der Waals surface area contributed by atoms with Crippen molar-refractivity contribution in [1.29, 1.82) is 0 Å². The number of hydrogen-bond acceptors (Lipinski definition) is 3. The van der Waals surface area contributed by atoms with Crippen LogP contribution in [0.1, 0.15) is 34.8 Å². The summed E-state index contributed by atoms with van der Waals surface area (Å²) >= 11 is 0. The minimum absolute atomic E-state index is 0.0135. The maximum absolute atomic E-state index is 13.2. The van der Waals surface area contributed by atoms with Crippen molar-refractivity contribution in [3.05, 3.63) is 69.9 Å². The van der Waals surface area contributed by atoms with Crippen LogP contribution < -0.4 is 10.9 Å². The first-order chi connectivity index (χ1) is 12.0. The Hall–Kier alpha value is -2.47. The molecule has 1 aromatic heterocycles. The van der Waals surface area contributed by atoms with Crippen molar-refractivity contribution >= 4 is 5.91 Å². The minimum Gasteiger partial charge on any atom is -0.350 e. The third-order valence-electron chi connectivity index (χ3n) is 4.64. The van der Waals surface area contributed by atoms with Crippen LogP contribution in [0.4, 0.5) is 4.39 Å². The molecule has 1 N–H and O–H groups in total. The van der Waals surface area contributed by atoms with Crippen LogP contribution in [-0.4, -0.2) is 35.0 Å². The lowest BCUT2D eigenvalue weighted by atomic mass is 10.1. The smallest absolute Gasteiger partial charge is 0.252 e. The van der Waals surface area contributed by atoms with E-state index in [1.165, 1.54) is 35.0 Å². The van der Waals surface area contributed by atoms with Gasteiger partial charge in [0.25, 0.3) is 5.91 Å². The number of carbonyl (C=O) groups excluding carboxylic acids is 1. The molecular weight excluding hydrogens is 321 g/mol. The van der Waals surface area contributed by atoms with E-state index < -0.39 is 0 Å². The number of nitrogens with one attached hydrogen (secondary N) is 1. The van der Waals surface area contributed by atoms with Crippen LogP contribution in [-0.2, 0) is 7.05 Å². The number of rotatable bonds is 5. The van der Waals surface area contributed by atoms with E-state index in [0.717, 1.165) is 31.5 Å². The fourth-order valence-electron chi connectivity index (χ4n) is 3.22. The first-order valence-electron chi connectivity index (χ1n) is 8.49. The molecule has 0 spiro atoms. The summed E-state index contributed by atoms with van der Waals surface area (Å²) in [6.45, 7) is 2.38. The predicted molar refractivity (Wildman–Crippen MR) is 94.0 cm³/mol. The zero-order chi connectivity index (χ0) is 17.8. The van der Waals surface area contributed by atoms with Gasteiger partial charge < -0.3 is 9.88 Å². The van der Waals surface area contributed by atoms with E-state index in [2.05, 4.69) is 10.2 Å². The molecule has 5 nitrogen and oxygen atoms in total. The van der Waals surface area contributed by atoms with Crippen molar-refractivity contribution in [2.24, 2.45) is 7.05 Å². The van der Waals surface area contributed by atoms with Crippen molar-refractivity contribution in [3.63, 3.8) is 0 Å². The first-order valence-corrected chi connectivity index (χ1v) is 8.49. The maximum atomic E-state index is 13.2. The molecule has 2 heterocycles. The molecule has 1 atom stereocenters. The van der Waals surface area contributed by atoms with Crippen LogP contribution in [0.2, 0.25) is 0 Å². The Bertz CT molecular complexity index is 795. The summed E-state index contributed by atoms with van der Waals surface area (Å²) in [6.07, 6.45) is 3.79. The number of hydrogen-bond donors (Lipinski definition) is 1. The van der Waals surface area contributed by atoms with Gasteiger partial charge in [0.2, 0.25) is 5.56 Å². The van der Waals surface area contributed by atoms with E-state index in [1.54, 1.807) is 19.2 Å². The van der Waals surface area contributed by atoms with Gasteiger partial charge in [-0.25, -0.2) is 4.39 Å². The average Bonchev–Trinajstić information content (AvgIpc) is 3.13. The van der Waals surface area contributed by atoms with Gasteiger partial charge in [-0.3, -0.25) is 14.5 Å². The van der Waals surface area contributed by atoms with Gasteiger partial charge >= 0.3 is 0 Å². The molecule has 6 heteroatoms. The van der Waals surface area contributed by atoms with Gasteiger partial charge in [0.05, 0.1) is 11.6 Å². The lowest BCUT2D eigenvalue weighted by Gasteiger charge is -2.28. The fraction of sp³-hybridized carbons (Fsp3) is 0.368. The van der Waals surface area contributed by atoms with Crippen LogP contribution in [0.15, 0.2) is 47.4 Å². The summed E-state index contributed by atoms with van der Waals surface area (Å²) in [5.74, 6) is -0.486. The zero-order valence-corrected chi connectivity index (χ0v) is 14.2. The van der Waals surface area contributed by atoms with E-state index >= 15 is 0 Å². The zero-order valence-electron chi connectivity index (χ0n) is 14.2. The molecule has 1 aliphatic heterocycles. The van der Waals surface area contributed by atoms with E-state index in [1.807, 2.05) is 0 Å². The normalized spacial score (nSPS) is 15.9. The molecule has 3 rings (SSSR count). The van der Waals surface area contributed by atoms with E-state index in [4.69, 9.17) is 0 Å². The summed E-state index contributed by atoms with van der Waals surface area (Å²) in [5, 5.41) is 2.95. The third-order valence-corrected chi connectivity index (χ3v) is 4.64. The largest absolute Gasteiger partial charge is 0.350 e. The molecule has 2 aromatic rings. The third kappa shape index (κ3) is 4.14. The van der Waals surface area contributed by atoms with Crippen LogP contribution in [0, 0.1) is 5.82 Å². The summed E-state index contributed by atoms with van der Waals surface area (Å²) in [6, 6.07) is 9.38. The standard InChI is InChI=1S/C19H22FN3O2/c1-22-13-15(6-9-18(22)24)19(25)21-12-17(23-10-2-3-11-23)14-4-7-16(20)8-5-14/h4-9,13,17H,2-3,10-12H2,1H3,(H,21,25)/t17-/m0/s1. The molecule has 1 saturated heterocycles. The number of halogens is 1. The SMILES string of the molecule is Cn1cc(C(=O)NC[C@@H](c2ccc(F)cc2)N2CCCC2)ccc1=O. The lowest BCUT2D eigenvalue weighted by Crippen LogP contribution is -2.37. The summed E-state index contributed by atoms with van der Waals surface area (Å²) in [5.41, 5.74) is 1.28. The van der Waals surface area contributed by atoms with Crippen molar-refractivity contribution in [1.82, 2.24) is 14.8 Å². The van der Waals surface area contributed by atoms with Crippen LogP contribution in [0.25, 0.3) is 0 Å². The molecule has 0 aliphatic carbocycles. The van der Waals surface area contributed by atoms with E-state index in [-0.39, 0.29) is 23.3 Å². The average molecular weight is 343 g/mol. The van der Waals surface area contributed by atoms with E-state index in [0.29, 0.717) is 12.1 Å². The van der Waals surface area contributed by atoms with Crippen LogP contribution in [0.3, 0.4) is 0 Å². The highest BCUT2D eigenvalue weighted by molar-refractivity contribution is 5.93. The van der Waals surface area contributed by atoms with Crippen LogP contribution >= 0.6 is 0 Å².